The van der Waals surface area contributed by atoms with Gasteiger partial charge in [-0.2, -0.15) is 0 Å². The molecule has 0 aromatic heterocycles. The first-order chi connectivity index (χ1) is 10.3. The Kier molecular flexibility index (Phi) is 4.00. The molecule has 0 spiro atoms. The van der Waals surface area contributed by atoms with Gasteiger partial charge in [0.1, 0.15) is 11.9 Å². The Balaban J connectivity index is 1.74. The van der Waals surface area contributed by atoms with Gasteiger partial charge in [-0.25, -0.2) is 0 Å². The summed E-state index contributed by atoms with van der Waals surface area (Å²) in [6, 6.07) is 16.4. The molecule has 1 aliphatic rings. The van der Waals surface area contributed by atoms with E-state index in [4.69, 9.17) is 10.5 Å². The molecule has 0 amide bonds. The molecule has 0 bridgehead atoms. The van der Waals surface area contributed by atoms with Gasteiger partial charge in [0.05, 0.1) is 17.9 Å². The Morgan fingerprint density at radius 1 is 1.14 bits per heavy atom. The monoisotopic (exact) mass is 282 g/mol. The van der Waals surface area contributed by atoms with Gasteiger partial charge in [-0.15, -0.1) is 0 Å². The number of rotatable bonds is 5. The van der Waals surface area contributed by atoms with E-state index in [9.17, 15) is 0 Å². The predicted molar refractivity (Wildman–Crippen MR) is 87.9 cm³/mol. The van der Waals surface area contributed by atoms with Crippen LogP contribution in [0.2, 0.25) is 0 Å². The molecule has 1 unspecified atom stereocenters. The highest BCUT2D eigenvalue weighted by Gasteiger charge is 2.25. The number of nitrogen functional groups attached to an aromatic ring is 1. The molecule has 2 aromatic carbocycles. The van der Waals surface area contributed by atoms with E-state index in [-0.39, 0.29) is 6.10 Å². The molecule has 3 heteroatoms. The molecule has 0 saturated carbocycles. The van der Waals surface area contributed by atoms with E-state index >= 15 is 0 Å². The summed E-state index contributed by atoms with van der Waals surface area (Å²) in [5.74, 6) is 1.03. The Hall–Kier alpha value is -2.16. The minimum Gasteiger partial charge on any atom is -0.488 e. The topological polar surface area (TPSA) is 38.5 Å². The molecule has 0 aliphatic carbocycles. The van der Waals surface area contributed by atoms with Crippen molar-refractivity contribution < 1.29 is 4.74 Å². The van der Waals surface area contributed by atoms with Gasteiger partial charge in [-0.1, -0.05) is 37.3 Å². The number of hydrogen-bond acceptors (Lipinski definition) is 3. The van der Waals surface area contributed by atoms with Crippen molar-refractivity contribution in [3.8, 4) is 5.75 Å². The van der Waals surface area contributed by atoms with E-state index in [2.05, 4.69) is 36.1 Å². The lowest BCUT2D eigenvalue weighted by Gasteiger charge is -2.28. The second kappa shape index (κ2) is 6.08. The molecule has 0 saturated heterocycles. The summed E-state index contributed by atoms with van der Waals surface area (Å²) in [4.78, 5) is 2.34. The zero-order valence-corrected chi connectivity index (χ0v) is 12.5. The molecule has 3 nitrogen and oxygen atoms in total. The average Bonchev–Trinajstić information content (AvgIpc) is 2.89. The second-order valence-electron chi connectivity index (χ2n) is 5.56. The first-order valence-electron chi connectivity index (χ1n) is 7.62. The van der Waals surface area contributed by atoms with Crippen LogP contribution in [0.25, 0.3) is 0 Å². The molecule has 0 radical (unpaired) electrons. The largest absolute Gasteiger partial charge is 0.488 e. The second-order valence-corrected chi connectivity index (χ2v) is 5.56. The maximum Gasteiger partial charge on any atom is 0.123 e. The summed E-state index contributed by atoms with van der Waals surface area (Å²) in [5, 5.41) is 0. The van der Waals surface area contributed by atoms with Crippen LogP contribution < -0.4 is 15.4 Å². The normalized spacial score (nSPS) is 16.3. The molecule has 2 N–H and O–H groups in total. The summed E-state index contributed by atoms with van der Waals surface area (Å²) in [7, 11) is 0. The van der Waals surface area contributed by atoms with E-state index in [1.54, 1.807) is 0 Å². The maximum absolute atomic E-state index is 6.13. The summed E-state index contributed by atoms with van der Waals surface area (Å²) in [6.45, 7) is 4.05. The molecule has 110 valence electrons. The van der Waals surface area contributed by atoms with Crippen LogP contribution >= 0.6 is 0 Å². The van der Waals surface area contributed by atoms with Crippen molar-refractivity contribution in [2.45, 2.75) is 25.9 Å². The molecule has 1 heterocycles. The number of hydrogen-bond donors (Lipinski definition) is 1. The van der Waals surface area contributed by atoms with Crippen molar-refractivity contribution in [2.75, 3.05) is 23.7 Å². The van der Waals surface area contributed by atoms with Gasteiger partial charge in [0.2, 0.25) is 0 Å². The number of ether oxygens (including phenoxy) is 1. The quantitative estimate of drug-likeness (QED) is 0.853. The highest BCUT2D eigenvalue weighted by molar-refractivity contribution is 5.67. The lowest BCUT2D eigenvalue weighted by molar-refractivity contribution is 0.237. The Bertz CT molecular complexity index is 587. The number of benzene rings is 2. The SMILES string of the molecule is CCCN(CC1Cc2ccccc2O1)c1ccccc1N. The molecule has 3 rings (SSSR count). The van der Waals surface area contributed by atoms with Gasteiger partial charge in [0, 0.05) is 13.0 Å². The Morgan fingerprint density at radius 3 is 2.67 bits per heavy atom. The molecule has 21 heavy (non-hydrogen) atoms. The van der Waals surface area contributed by atoms with E-state index in [0.717, 1.165) is 43.1 Å². The number of para-hydroxylation sites is 3. The fourth-order valence-corrected chi connectivity index (χ4v) is 2.96. The number of nitrogens with zero attached hydrogens (tertiary/aromatic N) is 1. The first kappa shape index (κ1) is 13.8. The van der Waals surface area contributed by atoms with Gasteiger partial charge in [-0.05, 0) is 30.2 Å². The minimum absolute atomic E-state index is 0.202. The van der Waals surface area contributed by atoms with Crippen molar-refractivity contribution in [3.63, 3.8) is 0 Å². The zero-order valence-electron chi connectivity index (χ0n) is 12.5. The van der Waals surface area contributed by atoms with Crippen molar-refractivity contribution in [1.82, 2.24) is 0 Å². The molecule has 2 aromatic rings. The molecule has 1 aliphatic heterocycles. The van der Waals surface area contributed by atoms with Gasteiger partial charge in [0.25, 0.3) is 0 Å². The lowest BCUT2D eigenvalue weighted by atomic mass is 10.1. The predicted octanol–water partition coefficient (Wildman–Crippen LogP) is 3.49. The van der Waals surface area contributed by atoms with Crippen LogP contribution in [-0.4, -0.2) is 19.2 Å². The van der Waals surface area contributed by atoms with E-state index in [1.807, 2.05) is 24.3 Å². The van der Waals surface area contributed by atoms with Crippen LogP contribution in [0.4, 0.5) is 11.4 Å². The average molecular weight is 282 g/mol. The maximum atomic E-state index is 6.13. The molecular formula is C18H22N2O. The summed E-state index contributed by atoms with van der Waals surface area (Å²) in [6.07, 6.45) is 2.27. The van der Waals surface area contributed by atoms with Crippen molar-refractivity contribution in [3.05, 3.63) is 54.1 Å². The smallest absolute Gasteiger partial charge is 0.123 e. The van der Waals surface area contributed by atoms with E-state index < -0.39 is 0 Å². The van der Waals surface area contributed by atoms with E-state index in [1.165, 1.54) is 5.56 Å². The lowest BCUT2D eigenvalue weighted by Crippen LogP contribution is -2.35. The summed E-state index contributed by atoms with van der Waals surface area (Å²) < 4.78 is 6.06. The summed E-state index contributed by atoms with van der Waals surface area (Å²) in [5.41, 5.74) is 9.38. The van der Waals surface area contributed by atoms with Crippen molar-refractivity contribution in [2.24, 2.45) is 0 Å². The van der Waals surface area contributed by atoms with Gasteiger partial charge in [-0.3, -0.25) is 0 Å². The number of nitrogens with two attached hydrogens (primary N) is 1. The third kappa shape index (κ3) is 2.97. The van der Waals surface area contributed by atoms with Gasteiger partial charge in [0.15, 0.2) is 0 Å². The van der Waals surface area contributed by atoms with Crippen LogP contribution in [0, 0.1) is 0 Å². The number of fused-ring (bicyclic) bond motifs is 1. The van der Waals surface area contributed by atoms with Crippen LogP contribution in [-0.2, 0) is 6.42 Å². The highest BCUT2D eigenvalue weighted by atomic mass is 16.5. The molecular weight excluding hydrogens is 260 g/mol. The number of anilines is 2. The highest BCUT2D eigenvalue weighted by Crippen LogP contribution is 2.30. The fraction of sp³-hybridized carbons (Fsp3) is 0.333. The Morgan fingerprint density at radius 2 is 1.90 bits per heavy atom. The minimum atomic E-state index is 0.202. The van der Waals surface area contributed by atoms with E-state index in [0.29, 0.717) is 0 Å². The first-order valence-corrected chi connectivity index (χ1v) is 7.62. The van der Waals surface area contributed by atoms with Crippen LogP contribution in [0.3, 0.4) is 0 Å². The Labute approximate surface area is 126 Å². The van der Waals surface area contributed by atoms with Crippen molar-refractivity contribution in [1.29, 1.82) is 0 Å². The fourth-order valence-electron chi connectivity index (χ4n) is 2.96. The van der Waals surface area contributed by atoms with Gasteiger partial charge >= 0.3 is 0 Å². The third-order valence-corrected chi connectivity index (χ3v) is 3.91. The van der Waals surface area contributed by atoms with Crippen LogP contribution in [0.15, 0.2) is 48.5 Å². The standard InChI is InChI=1S/C18H22N2O/c1-2-11-20(17-9-5-4-8-16(17)19)13-15-12-14-7-3-6-10-18(14)21-15/h3-10,15H,2,11-13,19H2,1H3. The molecule has 1 atom stereocenters. The third-order valence-electron chi connectivity index (χ3n) is 3.91. The van der Waals surface area contributed by atoms with Crippen molar-refractivity contribution >= 4 is 11.4 Å². The van der Waals surface area contributed by atoms with Gasteiger partial charge < -0.3 is 15.4 Å². The van der Waals surface area contributed by atoms with Crippen LogP contribution in [0.5, 0.6) is 5.75 Å². The summed E-state index contributed by atoms with van der Waals surface area (Å²) >= 11 is 0. The zero-order chi connectivity index (χ0) is 14.7. The van der Waals surface area contributed by atoms with Crippen LogP contribution in [0.1, 0.15) is 18.9 Å². The molecule has 0 fully saturated rings.